The fourth-order valence-electron chi connectivity index (χ4n) is 2.54. The van der Waals surface area contributed by atoms with E-state index in [9.17, 15) is 0 Å². The van der Waals surface area contributed by atoms with Gasteiger partial charge in [-0.1, -0.05) is 38.3 Å². The van der Waals surface area contributed by atoms with Crippen LogP contribution in [0.15, 0.2) is 18.5 Å². The van der Waals surface area contributed by atoms with Gasteiger partial charge in [-0.2, -0.15) is 0 Å². The molecule has 1 rings (SSSR count). The van der Waals surface area contributed by atoms with Crippen LogP contribution in [0.3, 0.4) is 0 Å². The number of hydrogen-bond donors (Lipinski definition) is 1. The zero-order valence-electron chi connectivity index (χ0n) is 11.8. The van der Waals surface area contributed by atoms with Crippen molar-refractivity contribution >= 4 is 11.6 Å². The predicted molar refractivity (Wildman–Crippen MR) is 79.1 cm³/mol. The minimum absolute atomic E-state index is 0.315. The number of unbranched alkanes of at least 4 members (excludes halogenated alkanes) is 1. The highest BCUT2D eigenvalue weighted by Gasteiger charge is 2.27. The molecule has 1 aromatic rings. The highest BCUT2D eigenvalue weighted by molar-refractivity contribution is 6.31. The Morgan fingerprint density at radius 3 is 2.72 bits per heavy atom. The molecule has 0 aliphatic carbocycles. The van der Waals surface area contributed by atoms with Crippen molar-refractivity contribution in [2.24, 2.45) is 5.41 Å². The molecule has 1 atom stereocenters. The molecule has 3 heteroatoms. The Morgan fingerprint density at radius 1 is 1.39 bits per heavy atom. The number of aromatic nitrogens is 1. The standard InChI is InChI=1S/C15H25ClN2/c1-4-6-8-15(5-2,12-17-3)10-13-7-9-18-11-14(13)16/h7,9,11,17H,4-6,8,10,12H2,1-3H3. The van der Waals surface area contributed by atoms with E-state index in [1.807, 2.05) is 19.3 Å². The molecule has 0 saturated heterocycles. The first-order chi connectivity index (χ1) is 8.67. The second kappa shape index (κ2) is 7.75. The van der Waals surface area contributed by atoms with Gasteiger partial charge < -0.3 is 5.32 Å². The van der Waals surface area contributed by atoms with Crippen LogP contribution in [0.1, 0.15) is 45.1 Å². The summed E-state index contributed by atoms with van der Waals surface area (Å²) in [4.78, 5) is 4.06. The van der Waals surface area contributed by atoms with Gasteiger partial charge in [0, 0.05) is 18.9 Å². The summed E-state index contributed by atoms with van der Waals surface area (Å²) in [5.74, 6) is 0. The van der Waals surface area contributed by atoms with E-state index >= 15 is 0 Å². The molecule has 18 heavy (non-hydrogen) atoms. The molecule has 1 unspecified atom stereocenters. The Labute approximate surface area is 116 Å². The molecule has 0 aliphatic heterocycles. The first kappa shape index (κ1) is 15.5. The van der Waals surface area contributed by atoms with Gasteiger partial charge in [-0.25, -0.2) is 0 Å². The predicted octanol–water partition coefficient (Wildman–Crippen LogP) is 4.08. The van der Waals surface area contributed by atoms with Crippen molar-refractivity contribution in [2.45, 2.75) is 46.0 Å². The molecule has 1 heterocycles. The summed E-state index contributed by atoms with van der Waals surface area (Å²) in [6.45, 7) is 5.57. The van der Waals surface area contributed by atoms with Crippen molar-refractivity contribution in [3.8, 4) is 0 Å². The molecule has 102 valence electrons. The van der Waals surface area contributed by atoms with E-state index in [1.54, 1.807) is 6.20 Å². The van der Waals surface area contributed by atoms with Gasteiger partial charge in [-0.3, -0.25) is 4.98 Å². The number of halogens is 1. The van der Waals surface area contributed by atoms with Crippen molar-refractivity contribution in [1.82, 2.24) is 10.3 Å². The Morgan fingerprint density at radius 2 is 2.17 bits per heavy atom. The van der Waals surface area contributed by atoms with Crippen molar-refractivity contribution in [1.29, 1.82) is 0 Å². The van der Waals surface area contributed by atoms with Crippen LogP contribution >= 0.6 is 11.6 Å². The van der Waals surface area contributed by atoms with Gasteiger partial charge in [0.05, 0.1) is 5.02 Å². The van der Waals surface area contributed by atoms with Crippen LogP contribution in [0.4, 0.5) is 0 Å². The van der Waals surface area contributed by atoms with Crippen LogP contribution < -0.4 is 5.32 Å². The zero-order valence-corrected chi connectivity index (χ0v) is 12.6. The Kier molecular flexibility index (Phi) is 6.66. The maximum absolute atomic E-state index is 6.24. The lowest BCUT2D eigenvalue weighted by Crippen LogP contribution is -2.34. The van der Waals surface area contributed by atoms with Crippen LogP contribution in [0.25, 0.3) is 0 Å². The third kappa shape index (κ3) is 4.25. The molecule has 1 N–H and O–H groups in total. The smallest absolute Gasteiger partial charge is 0.0621 e. The minimum atomic E-state index is 0.315. The summed E-state index contributed by atoms with van der Waals surface area (Å²) in [7, 11) is 2.03. The fourth-order valence-corrected chi connectivity index (χ4v) is 2.73. The van der Waals surface area contributed by atoms with Crippen molar-refractivity contribution in [3.05, 3.63) is 29.0 Å². The average molecular weight is 269 g/mol. The number of rotatable bonds is 8. The first-order valence-electron chi connectivity index (χ1n) is 6.90. The summed E-state index contributed by atoms with van der Waals surface area (Å²) in [5.41, 5.74) is 1.54. The number of nitrogens with one attached hydrogen (secondary N) is 1. The molecule has 0 bridgehead atoms. The molecule has 0 radical (unpaired) electrons. The molecular formula is C15H25ClN2. The number of nitrogens with zero attached hydrogens (tertiary/aromatic N) is 1. The molecule has 0 aliphatic rings. The topological polar surface area (TPSA) is 24.9 Å². The van der Waals surface area contributed by atoms with E-state index in [2.05, 4.69) is 24.1 Å². The van der Waals surface area contributed by atoms with Gasteiger partial charge in [-0.05, 0) is 43.4 Å². The molecule has 0 aromatic carbocycles. The molecule has 0 amide bonds. The summed E-state index contributed by atoms with van der Waals surface area (Å²) in [6.07, 6.45) is 9.56. The molecule has 1 aromatic heterocycles. The van der Waals surface area contributed by atoms with Crippen LogP contribution in [-0.4, -0.2) is 18.6 Å². The molecule has 0 saturated carbocycles. The average Bonchev–Trinajstić information content (AvgIpc) is 2.39. The lowest BCUT2D eigenvalue weighted by Gasteiger charge is -2.33. The van der Waals surface area contributed by atoms with Crippen LogP contribution in [0, 0.1) is 5.41 Å². The summed E-state index contributed by atoms with van der Waals surface area (Å²) in [5, 5.41) is 4.14. The largest absolute Gasteiger partial charge is 0.319 e. The van der Waals surface area contributed by atoms with Gasteiger partial charge in [0.15, 0.2) is 0 Å². The second-order valence-corrected chi connectivity index (χ2v) is 5.54. The maximum Gasteiger partial charge on any atom is 0.0621 e. The lowest BCUT2D eigenvalue weighted by atomic mass is 9.75. The third-order valence-corrected chi connectivity index (χ3v) is 4.12. The molecular weight excluding hydrogens is 244 g/mol. The van der Waals surface area contributed by atoms with Crippen LogP contribution in [0.2, 0.25) is 5.02 Å². The maximum atomic E-state index is 6.24. The van der Waals surface area contributed by atoms with Crippen molar-refractivity contribution in [2.75, 3.05) is 13.6 Å². The number of pyridine rings is 1. The van der Waals surface area contributed by atoms with E-state index in [1.165, 1.54) is 31.2 Å². The van der Waals surface area contributed by atoms with E-state index in [0.29, 0.717) is 5.41 Å². The van der Waals surface area contributed by atoms with Gasteiger partial charge >= 0.3 is 0 Å². The summed E-state index contributed by atoms with van der Waals surface area (Å²) >= 11 is 6.24. The monoisotopic (exact) mass is 268 g/mol. The van der Waals surface area contributed by atoms with Crippen molar-refractivity contribution < 1.29 is 0 Å². The molecule has 0 spiro atoms. The third-order valence-electron chi connectivity index (χ3n) is 3.78. The van der Waals surface area contributed by atoms with Crippen molar-refractivity contribution in [3.63, 3.8) is 0 Å². The van der Waals surface area contributed by atoms with E-state index < -0.39 is 0 Å². The van der Waals surface area contributed by atoms with Gasteiger partial charge in [0.25, 0.3) is 0 Å². The fraction of sp³-hybridized carbons (Fsp3) is 0.667. The highest BCUT2D eigenvalue weighted by atomic mass is 35.5. The summed E-state index contributed by atoms with van der Waals surface area (Å²) in [6, 6.07) is 2.05. The summed E-state index contributed by atoms with van der Waals surface area (Å²) < 4.78 is 0. The first-order valence-corrected chi connectivity index (χ1v) is 7.28. The number of hydrogen-bond acceptors (Lipinski definition) is 2. The second-order valence-electron chi connectivity index (χ2n) is 5.13. The van der Waals surface area contributed by atoms with E-state index in [0.717, 1.165) is 18.0 Å². The van der Waals surface area contributed by atoms with Gasteiger partial charge in [0.1, 0.15) is 0 Å². The van der Waals surface area contributed by atoms with E-state index in [4.69, 9.17) is 11.6 Å². The minimum Gasteiger partial charge on any atom is -0.319 e. The quantitative estimate of drug-likeness (QED) is 0.768. The Balaban J connectivity index is 2.85. The Bertz CT molecular complexity index is 354. The van der Waals surface area contributed by atoms with Crippen LogP contribution in [-0.2, 0) is 6.42 Å². The van der Waals surface area contributed by atoms with Crippen LogP contribution in [0.5, 0.6) is 0 Å². The van der Waals surface area contributed by atoms with E-state index in [-0.39, 0.29) is 0 Å². The SMILES string of the molecule is CCCCC(CC)(CNC)Cc1ccncc1Cl. The van der Waals surface area contributed by atoms with Gasteiger partial charge in [-0.15, -0.1) is 0 Å². The highest BCUT2D eigenvalue weighted by Crippen LogP contribution is 2.34. The Hall–Kier alpha value is -0.600. The lowest BCUT2D eigenvalue weighted by molar-refractivity contribution is 0.235. The zero-order chi connectivity index (χ0) is 13.4. The van der Waals surface area contributed by atoms with Gasteiger partial charge in [0.2, 0.25) is 0 Å². The normalized spacial score (nSPS) is 14.4. The molecule has 2 nitrogen and oxygen atoms in total. The molecule has 0 fully saturated rings.